The SMILES string of the molecule is CCCNC(=O)NC(=O)COC(=O)[C@@H](C(C)C)N1C(=O)c2ccccc2C1=O. The van der Waals surface area contributed by atoms with Gasteiger partial charge < -0.3 is 10.1 Å². The summed E-state index contributed by atoms with van der Waals surface area (Å²) >= 11 is 0. The van der Waals surface area contributed by atoms with Crippen molar-refractivity contribution in [3.05, 3.63) is 35.4 Å². The molecule has 2 N–H and O–H groups in total. The van der Waals surface area contributed by atoms with Gasteiger partial charge in [-0.1, -0.05) is 32.9 Å². The van der Waals surface area contributed by atoms with E-state index in [2.05, 4.69) is 5.32 Å². The number of carbonyl (C=O) groups is 5. The van der Waals surface area contributed by atoms with Gasteiger partial charge >= 0.3 is 12.0 Å². The fraction of sp³-hybridized carbons (Fsp3) is 0.421. The van der Waals surface area contributed by atoms with Crippen molar-refractivity contribution in [2.75, 3.05) is 13.2 Å². The Morgan fingerprint density at radius 2 is 1.64 bits per heavy atom. The van der Waals surface area contributed by atoms with Crippen LogP contribution in [0, 0.1) is 5.92 Å². The maximum absolute atomic E-state index is 12.6. The van der Waals surface area contributed by atoms with Crippen molar-refractivity contribution in [1.82, 2.24) is 15.5 Å². The number of imide groups is 2. The van der Waals surface area contributed by atoms with Crippen LogP contribution in [0.2, 0.25) is 0 Å². The largest absolute Gasteiger partial charge is 0.454 e. The highest BCUT2D eigenvalue weighted by molar-refractivity contribution is 6.22. The number of urea groups is 1. The van der Waals surface area contributed by atoms with Crippen molar-refractivity contribution in [3.8, 4) is 0 Å². The number of carbonyl (C=O) groups excluding carboxylic acids is 5. The van der Waals surface area contributed by atoms with E-state index in [4.69, 9.17) is 4.74 Å². The molecule has 0 radical (unpaired) electrons. The van der Waals surface area contributed by atoms with Crippen LogP contribution in [-0.4, -0.2) is 53.8 Å². The van der Waals surface area contributed by atoms with Crippen LogP contribution in [0.5, 0.6) is 0 Å². The molecule has 1 aliphatic rings. The Kier molecular flexibility index (Phi) is 6.86. The van der Waals surface area contributed by atoms with E-state index in [1.165, 1.54) is 12.1 Å². The lowest BCUT2D eigenvalue weighted by Gasteiger charge is -2.27. The molecule has 1 atom stereocenters. The molecule has 1 heterocycles. The predicted octanol–water partition coefficient (Wildman–Crippen LogP) is 1.09. The lowest BCUT2D eigenvalue weighted by atomic mass is 10.0. The van der Waals surface area contributed by atoms with Crippen LogP contribution in [0.15, 0.2) is 24.3 Å². The molecule has 0 aliphatic carbocycles. The van der Waals surface area contributed by atoms with Crippen LogP contribution in [-0.2, 0) is 14.3 Å². The molecule has 1 aromatic rings. The molecule has 0 unspecified atom stereocenters. The van der Waals surface area contributed by atoms with Crippen molar-refractivity contribution in [2.24, 2.45) is 5.92 Å². The first-order chi connectivity index (χ1) is 13.3. The Morgan fingerprint density at radius 1 is 1.07 bits per heavy atom. The average molecular weight is 389 g/mol. The Balaban J connectivity index is 2.04. The first-order valence-corrected chi connectivity index (χ1v) is 8.99. The number of hydrogen-bond donors (Lipinski definition) is 2. The standard InChI is InChI=1S/C19H23N3O6/c1-4-9-20-19(27)21-14(23)10-28-18(26)15(11(2)3)22-16(24)12-7-5-6-8-13(12)17(22)25/h5-8,11,15H,4,9-10H2,1-3H3,(H2,20,21,23,27)/t15-/m1/s1. The maximum atomic E-state index is 12.6. The first-order valence-electron chi connectivity index (χ1n) is 8.99. The van der Waals surface area contributed by atoms with Crippen LogP contribution >= 0.6 is 0 Å². The van der Waals surface area contributed by atoms with Gasteiger partial charge in [0.15, 0.2) is 6.61 Å². The van der Waals surface area contributed by atoms with E-state index in [0.717, 1.165) is 4.90 Å². The maximum Gasteiger partial charge on any atom is 0.330 e. The summed E-state index contributed by atoms with van der Waals surface area (Å²) < 4.78 is 4.96. The van der Waals surface area contributed by atoms with Crippen molar-refractivity contribution in [1.29, 1.82) is 0 Å². The zero-order chi connectivity index (χ0) is 20.8. The fourth-order valence-electron chi connectivity index (χ4n) is 2.80. The van der Waals surface area contributed by atoms with Gasteiger partial charge in [-0.15, -0.1) is 0 Å². The summed E-state index contributed by atoms with van der Waals surface area (Å²) in [5.74, 6) is -3.31. The third kappa shape index (κ3) is 4.54. The summed E-state index contributed by atoms with van der Waals surface area (Å²) in [4.78, 5) is 61.8. The smallest absolute Gasteiger partial charge is 0.330 e. The van der Waals surface area contributed by atoms with Crippen molar-refractivity contribution in [3.63, 3.8) is 0 Å². The Morgan fingerprint density at radius 3 is 2.14 bits per heavy atom. The lowest BCUT2D eigenvalue weighted by Crippen LogP contribution is -2.49. The van der Waals surface area contributed by atoms with Gasteiger partial charge in [-0.05, 0) is 24.5 Å². The number of hydrogen-bond acceptors (Lipinski definition) is 6. The Labute approximate surface area is 162 Å². The van der Waals surface area contributed by atoms with Gasteiger partial charge in [-0.3, -0.25) is 24.6 Å². The van der Waals surface area contributed by atoms with Crippen LogP contribution in [0.4, 0.5) is 4.79 Å². The van der Waals surface area contributed by atoms with Crippen LogP contribution in [0.3, 0.4) is 0 Å². The molecular formula is C19H23N3O6. The van der Waals surface area contributed by atoms with Crippen LogP contribution < -0.4 is 10.6 Å². The number of fused-ring (bicyclic) bond motifs is 1. The quantitative estimate of drug-likeness (QED) is 0.532. The molecule has 0 bridgehead atoms. The van der Waals surface area contributed by atoms with Crippen LogP contribution in [0.25, 0.3) is 0 Å². The molecule has 1 aromatic carbocycles. The van der Waals surface area contributed by atoms with E-state index in [1.54, 1.807) is 26.0 Å². The number of nitrogens with one attached hydrogen (secondary N) is 2. The minimum atomic E-state index is -1.19. The number of amides is 5. The molecule has 1 aliphatic heterocycles. The summed E-state index contributed by atoms with van der Waals surface area (Å²) in [6.45, 7) is 4.87. The third-order valence-corrected chi connectivity index (χ3v) is 4.11. The van der Waals surface area contributed by atoms with Gasteiger partial charge in [0.05, 0.1) is 11.1 Å². The van der Waals surface area contributed by atoms with Gasteiger partial charge in [-0.25, -0.2) is 9.59 Å². The normalized spacial score (nSPS) is 13.9. The molecule has 0 spiro atoms. The minimum Gasteiger partial charge on any atom is -0.454 e. The first kappa shape index (κ1) is 21.1. The van der Waals surface area contributed by atoms with Crippen LogP contribution in [0.1, 0.15) is 47.9 Å². The number of nitrogens with zero attached hydrogens (tertiary/aromatic N) is 1. The minimum absolute atomic E-state index is 0.219. The number of ether oxygens (including phenoxy) is 1. The molecule has 9 nitrogen and oxygen atoms in total. The molecule has 28 heavy (non-hydrogen) atoms. The van der Waals surface area contributed by atoms with E-state index < -0.39 is 48.3 Å². The molecule has 0 fully saturated rings. The molecule has 9 heteroatoms. The summed E-state index contributed by atoms with van der Waals surface area (Å²) in [7, 11) is 0. The van der Waals surface area contributed by atoms with E-state index in [-0.39, 0.29) is 11.1 Å². The molecule has 0 saturated carbocycles. The van der Waals surface area contributed by atoms with Crippen molar-refractivity contribution >= 4 is 29.7 Å². The fourth-order valence-corrected chi connectivity index (χ4v) is 2.80. The zero-order valence-corrected chi connectivity index (χ0v) is 16.0. The number of rotatable bonds is 7. The second kappa shape index (κ2) is 9.12. The second-order valence-electron chi connectivity index (χ2n) is 6.63. The molecule has 0 saturated heterocycles. The molecule has 2 rings (SSSR count). The highest BCUT2D eigenvalue weighted by atomic mass is 16.5. The van der Waals surface area contributed by atoms with Gasteiger partial charge in [-0.2, -0.15) is 0 Å². The monoisotopic (exact) mass is 389 g/mol. The molecule has 0 aromatic heterocycles. The third-order valence-electron chi connectivity index (χ3n) is 4.11. The zero-order valence-electron chi connectivity index (χ0n) is 16.0. The number of benzene rings is 1. The van der Waals surface area contributed by atoms with E-state index in [1.807, 2.05) is 12.2 Å². The topological polar surface area (TPSA) is 122 Å². The molecular weight excluding hydrogens is 366 g/mol. The van der Waals surface area contributed by atoms with Gasteiger partial charge in [0, 0.05) is 6.54 Å². The van der Waals surface area contributed by atoms with Crippen molar-refractivity contribution < 1.29 is 28.7 Å². The van der Waals surface area contributed by atoms with Gasteiger partial charge in [0.25, 0.3) is 17.7 Å². The van der Waals surface area contributed by atoms with E-state index in [0.29, 0.717) is 13.0 Å². The van der Waals surface area contributed by atoms with E-state index >= 15 is 0 Å². The highest BCUT2D eigenvalue weighted by Gasteiger charge is 2.44. The summed E-state index contributed by atoms with van der Waals surface area (Å²) in [5.41, 5.74) is 0.438. The van der Waals surface area contributed by atoms with E-state index in [9.17, 15) is 24.0 Å². The molecule has 150 valence electrons. The predicted molar refractivity (Wildman–Crippen MR) is 98.4 cm³/mol. The van der Waals surface area contributed by atoms with Gasteiger partial charge in [0.2, 0.25) is 0 Å². The van der Waals surface area contributed by atoms with Crippen molar-refractivity contribution in [2.45, 2.75) is 33.2 Å². The Bertz CT molecular complexity index is 770. The summed E-state index contributed by atoms with van der Waals surface area (Å²) in [5, 5.41) is 4.48. The number of esters is 1. The molecule has 5 amide bonds. The van der Waals surface area contributed by atoms with Gasteiger partial charge in [0.1, 0.15) is 6.04 Å². The summed E-state index contributed by atoms with van der Waals surface area (Å²) in [6.07, 6.45) is 0.701. The Hall–Kier alpha value is -3.23. The highest BCUT2D eigenvalue weighted by Crippen LogP contribution is 2.27. The average Bonchev–Trinajstić information content (AvgIpc) is 2.90. The summed E-state index contributed by atoms with van der Waals surface area (Å²) in [6, 6.07) is 4.41. The second-order valence-corrected chi connectivity index (χ2v) is 6.63. The lowest BCUT2D eigenvalue weighted by molar-refractivity contribution is -0.153.